The van der Waals surface area contributed by atoms with Crippen molar-refractivity contribution in [1.29, 1.82) is 5.26 Å². The van der Waals surface area contributed by atoms with E-state index in [2.05, 4.69) is 0 Å². The zero-order chi connectivity index (χ0) is 21.4. The van der Waals surface area contributed by atoms with Gasteiger partial charge in [0.05, 0.1) is 23.8 Å². The molecule has 0 aromatic heterocycles. The summed E-state index contributed by atoms with van der Waals surface area (Å²) in [5, 5.41) is 19.1. The Morgan fingerprint density at radius 3 is 2.69 bits per heavy atom. The summed E-state index contributed by atoms with van der Waals surface area (Å²) in [7, 11) is 0. The lowest BCUT2D eigenvalue weighted by Crippen LogP contribution is -2.49. The van der Waals surface area contributed by atoms with Gasteiger partial charge < -0.3 is 14.9 Å². The fourth-order valence-electron chi connectivity index (χ4n) is 4.50. The monoisotopic (exact) mass is 409 g/mol. The summed E-state index contributed by atoms with van der Waals surface area (Å²) in [4.78, 5) is 16.2. The highest BCUT2D eigenvalue weighted by atomic mass is 19.4. The standard InChI is InChI=1S/C21H26F3N3O2/c1-14(2)7-19(29)27-11-16-10-26(6-5-20(16,12-27)13-28)17-4-3-15(9-25)18(8-17)21(22,23)24/h3-4,8,14,16,28H,5-7,10-13H2,1-2H3/t16-,20+/m1/s1. The maximum atomic E-state index is 13.3. The molecule has 0 aliphatic carbocycles. The van der Waals surface area contributed by atoms with E-state index >= 15 is 0 Å². The number of carbonyl (C=O) groups is 1. The summed E-state index contributed by atoms with van der Waals surface area (Å²) >= 11 is 0. The lowest BCUT2D eigenvalue weighted by Gasteiger charge is -2.43. The van der Waals surface area contributed by atoms with Gasteiger partial charge in [-0.3, -0.25) is 4.79 Å². The Kier molecular flexibility index (Phi) is 5.81. The predicted molar refractivity (Wildman–Crippen MR) is 102 cm³/mol. The maximum Gasteiger partial charge on any atom is 0.417 e. The number of aliphatic hydroxyl groups excluding tert-OH is 1. The van der Waals surface area contributed by atoms with E-state index in [9.17, 15) is 23.1 Å². The van der Waals surface area contributed by atoms with Crippen LogP contribution in [0.3, 0.4) is 0 Å². The normalized spacial score (nSPS) is 24.6. The van der Waals surface area contributed by atoms with Gasteiger partial charge in [0, 0.05) is 49.6 Å². The molecule has 1 amide bonds. The summed E-state index contributed by atoms with van der Waals surface area (Å²) in [6.07, 6.45) is -3.55. The second-order valence-electron chi connectivity index (χ2n) is 8.63. The van der Waals surface area contributed by atoms with Gasteiger partial charge in [0.25, 0.3) is 0 Å². The van der Waals surface area contributed by atoms with Gasteiger partial charge in [-0.1, -0.05) is 13.8 Å². The molecule has 0 bridgehead atoms. The zero-order valence-electron chi connectivity index (χ0n) is 16.7. The van der Waals surface area contributed by atoms with E-state index in [0.29, 0.717) is 44.7 Å². The largest absolute Gasteiger partial charge is 0.417 e. The van der Waals surface area contributed by atoms with Crippen LogP contribution in [0, 0.1) is 28.6 Å². The molecule has 5 nitrogen and oxygen atoms in total. The Labute approximate surface area is 168 Å². The number of rotatable bonds is 4. The van der Waals surface area contributed by atoms with Crippen molar-refractivity contribution in [3.63, 3.8) is 0 Å². The highest BCUT2D eigenvalue weighted by Crippen LogP contribution is 2.44. The quantitative estimate of drug-likeness (QED) is 0.829. The molecule has 0 radical (unpaired) electrons. The van der Waals surface area contributed by atoms with E-state index in [1.165, 1.54) is 12.1 Å². The van der Waals surface area contributed by atoms with Crippen LogP contribution in [0.15, 0.2) is 18.2 Å². The second kappa shape index (κ2) is 7.86. The van der Waals surface area contributed by atoms with E-state index in [1.54, 1.807) is 11.0 Å². The fraction of sp³-hybridized carbons (Fsp3) is 0.619. The van der Waals surface area contributed by atoms with E-state index in [0.717, 1.165) is 6.07 Å². The minimum Gasteiger partial charge on any atom is -0.396 e. The number of likely N-dealkylation sites (tertiary alicyclic amines) is 1. The van der Waals surface area contributed by atoms with Crippen LogP contribution in [0.2, 0.25) is 0 Å². The number of nitrogens with zero attached hydrogens (tertiary/aromatic N) is 3. The number of hydrogen-bond donors (Lipinski definition) is 1. The number of piperidine rings is 1. The Bertz CT molecular complexity index is 818. The smallest absolute Gasteiger partial charge is 0.396 e. The molecular formula is C21H26F3N3O2. The van der Waals surface area contributed by atoms with Crippen molar-refractivity contribution in [1.82, 2.24) is 4.90 Å². The molecule has 2 aliphatic rings. The number of aliphatic hydroxyl groups is 1. The minimum atomic E-state index is -4.60. The van der Waals surface area contributed by atoms with Gasteiger partial charge in [0.15, 0.2) is 0 Å². The molecule has 2 heterocycles. The van der Waals surface area contributed by atoms with E-state index in [-0.39, 0.29) is 24.3 Å². The summed E-state index contributed by atoms with van der Waals surface area (Å²) in [5.74, 6) is 0.292. The second-order valence-corrected chi connectivity index (χ2v) is 8.63. The third kappa shape index (κ3) is 4.20. The molecule has 1 aromatic rings. The number of benzene rings is 1. The zero-order valence-corrected chi connectivity index (χ0v) is 16.7. The van der Waals surface area contributed by atoms with Crippen LogP contribution >= 0.6 is 0 Å². The van der Waals surface area contributed by atoms with Crippen LogP contribution < -0.4 is 4.90 Å². The van der Waals surface area contributed by atoms with Gasteiger partial charge in [-0.05, 0) is 30.5 Å². The predicted octanol–water partition coefficient (Wildman–Crippen LogP) is 3.27. The first-order valence-electron chi connectivity index (χ1n) is 9.84. The van der Waals surface area contributed by atoms with Gasteiger partial charge in [0.1, 0.15) is 0 Å². The first-order chi connectivity index (χ1) is 13.6. The van der Waals surface area contributed by atoms with Gasteiger partial charge in [0.2, 0.25) is 5.91 Å². The van der Waals surface area contributed by atoms with Crippen molar-refractivity contribution in [2.45, 2.75) is 32.9 Å². The molecule has 2 aliphatic heterocycles. The van der Waals surface area contributed by atoms with Crippen LogP contribution in [0.4, 0.5) is 18.9 Å². The Balaban J connectivity index is 1.82. The summed E-state index contributed by atoms with van der Waals surface area (Å²) in [5.41, 5.74) is -1.32. The molecule has 3 rings (SSSR count). The third-order valence-electron chi connectivity index (χ3n) is 6.18. The molecule has 158 valence electrons. The third-order valence-corrected chi connectivity index (χ3v) is 6.18. The Morgan fingerprint density at radius 2 is 2.10 bits per heavy atom. The van der Waals surface area contributed by atoms with E-state index < -0.39 is 22.7 Å². The number of carbonyl (C=O) groups excluding carboxylic acids is 1. The van der Waals surface area contributed by atoms with Crippen LogP contribution in [0.25, 0.3) is 0 Å². The first kappa shape index (κ1) is 21.4. The Morgan fingerprint density at radius 1 is 1.38 bits per heavy atom. The highest BCUT2D eigenvalue weighted by molar-refractivity contribution is 5.77. The molecule has 0 saturated carbocycles. The van der Waals surface area contributed by atoms with Crippen molar-refractivity contribution in [2.75, 3.05) is 37.7 Å². The Hall–Kier alpha value is -2.27. The number of alkyl halides is 3. The van der Waals surface area contributed by atoms with Crippen molar-refractivity contribution in [3.8, 4) is 6.07 Å². The van der Waals surface area contributed by atoms with Crippen LogP contribution in [-0.2, 0) is 11.0 Å². The van der Waals surface area contributed by atoms with Crippen LogP contribution in [0.5, 0.6) is 0 Å². The van der Waals surface area contributed by atoms with Gasteiger partial charge in [-0.2, -0.15) is 18.4 Å². The van der Waals surface area contributed by atoms with E-state index in [1.807, 2.05) is 18.7 Å². The van der Waals surface area contributed by atoms with Crippen LogP contribution in [0.1, 0.15) is 37.8 Å². The van der Waals surface area contributed by atoms with Crippen molar-refractivity contribution in [2.24, 2.45) is 17.3 Å². The molecule has 2 fully saturated rings. The molecule has 1 aromatic carbocycles. The van der Waals surface area contributed by atoms with Crippen LogP contribution in [-0.4, -0.2) is 48.7 Å². The summed E-state index contributed by atoms with van der Waals surface area (Å²) in [6.45, 7) is 5.88. The first-order valence-corrected chi connectivity index (χ1v) is 9.84. The SMILES string of the molecule is CC(C)CC(=O)N1C[C@H]2CN(c3ccc(C#N)c(C(F)(F)F)c3)CC[C@@]2(CO)C1. The molecule has 2 saturated heterocycles. The summed E-state index contributed by atoms with van der Waals surface area (Å²) in [6, 6.07) is 5.38. The minimum absolute atomic E-state index is 0.0117. The van der Waals surface area contributed by atoms with Crippen molar-refractivity contribution >= 4 is 11.6 Å². The lowest BCUT2D eigenvalue weighted by molar-refractivity contribution is -0.137. The molecule has 1 N–H and O–H groups in total. The topological polar surface area (TPSA) is 67.6 Å². The highest BCUT2D eigenvalue weighted by Gasteiger charge is 2.50. The van der Waals surface area contributed by atoms with Crippen molar-refractivity contribution in [3.05, 3.63) is 29.3 Å². The number of hydrogen-bond acceptors (Lipinski definition) is 4. The van der Waals surface area contributed by atoms with Gasteiger partial charge >= 0.3 is 6.18 Å². The number of nitriles is 1. The number of fused-ring (bicyclic) bond motifs is 1. The number of amides is 1. The number of anilines is 1. The average Bonchev–Trinajstić information content (AvgIpc) is 3.05. The summed E-state index contributed by atoms with van der Waals surface area (Å²) < 4.78 is 39.9. The molecule has 0 spiro atoms. The number of halogens is 3. The van der Waals surface area contributed by atoms with Crippen molar-refractivity contribution < 1.29 is 23.1 Å². The molecular weight excluding hydrogens is 383 g/mol. The fourth-order valence-corrected chi connectivity index (χ4v) is 4.50. The van der Waals surface area contributed by atoms with Gasteiger partial charge in [-0.15, -0.1) is 0 Å². The van der Waals surface area contributed by atoms with Gasteiger partial charge in [-0.25, -0.2) is 0 Å². The molecule has 2 atom stereocenters. The lowest BCUT2D eigenvalue weighted by atomic mass is 9.73. The molecule has 8 heteroatoms. The van der Waals surface area contributed by atoms with E-state index in [4.69, 9.17) is 5.26 Å². The molecule has 0 unspecified atom stereocenters. The maximum absolute atomic E-state index is 13.3. The average molecular weight is 409 g/mol. The molecule has 29 heavy (non-hydrogen) atoms.